The molecule has 0 bridgehead atoms. The summed E-state index contributed by atoms with van der Waals surface area (Å²) in [6.07, 6.45) is 0.257. The molecule has 0 aromatic rings. The molecule has 16 heavy (non-hydrogen) atoms. The fraction of sp³-hybridized carbons (Fsp3) is 0.889. The summed E-state index contributed by atoms with van der Waals surface area (Å²) < 4.78 is 30.1. The summed E-state index contributed by atoms with van der Waals surface area (Å²) in [5.74, 6) is -1.03. The molecule has 0 saturated carbocycles. The zero-order chi connectivity index (χ0) is 12.6. The summed E-state index contributed by atoms with van der Waals surface area (Å²) in [6.45, 7) is 3.95. The van der Waals surface area contributed by atoms with Gasteiger partial charge in [0.25, 0.3) is 0 Å². The summed E-state index contributed by atoms with van der Waals surface area (Å²) >= 11 is 0. The lowest BCUT2D eigenvalue weighted by Crippen LogP contribution is -2.30. The molecule has 0 unspecified atom stereocenters. The Kier molecular flexibility index (Phi) is 7.27. The number of carbonyl (C=O) groups is 1. The van der Waals surface area contributed by atoms with E-state index >= 15 is 0 Å². The maximum absolute atomic E-state index is 11.3. The smallest absolute Gasteiger partial charge is 0.303 e. The van der Waals surface area contributed by atoms with Crippen molar-refractivity contribution in [3.63, 3.8) is 0 Å². The van der Waals surface area contributed by atoms with Crippen molar-refractivity contribution in [2.24, 2.45) is 0 Å². The van der Waals surface area contributed by atoms with Crippen LogP contribution in [0.2, 0.25) is 0 Å². The van der Waals surface area contributed by atoms with Crippen LogP contribution in [0, 0.1) is 0 Å². The van der Waals surface area contributed by atoms with Crippen molar-refractivity contribution >= 4 is 16.0 Å². The second-order valence-corrected chi connectivity index (χ2v) is 5.56. The Labute approximate surface area is 96.0 Å². The van der Waals surface area contributed by atoms with E-state index in [1.165, 1.54) is 0 Å². The normalized spacial score (nSPS) is 11.9. The van der Waals surface area contributed by atoms with Gasteiger partial charge in [-0.25, -0.2) is 13.1 Å². The third-order valence-corrected chi connectivity index (χ3v) is 3.04. The Morgan fingerprint density at radius 1 is 1.44 bits per heavy atom. The number of carboxylic acid groups (broad SMARTS) is 1. The van der Waals surface area contributed by atoms with Crippen LogP contribution in [0.1, 0.15) is 26.7 Å². The monoisotopic (exact) mass is 253 g/mol. The van der Waals surface area contributed by atoms with Gasteiger partial charge in [0, 0.05) is 13.0 Å². The predicted octanol–water partition coefficient (Wildman–Crippen LogP) is 0.196. The highest BCUT2D eigenvalue weighted by atomic mass is 32.2. The molecule has 2 N–H and O–H groups in total. The number of ether oxygens (including phenoxy) is 1. The third kappa shape index (κ3) is 9.88. The van der Waals surface area contributed by atoms with E-state index < -0.39 is 16.0 Å². The Morgan fingerprint density at radius 3 is 2.56 bits per heavy atom. The fourth-order valence-electron chi connectivity index (χ4n) is 0.933. The summed E-state index contributed by atoms with van der Waals surface area (Å²) in [5, 5.41) is 8.35. The first-order chi connectivity index (χ1) is 7.33. The van der Waals surface area contributed by atoms with Gasteiger partial charge in [0.2, 0.25) is 10.0 Å². The molecular formula is C9H19NO5S. The Morgan fingerprint density at radius 2 is 2.06 bits per heavy atom. The van der Waals surface area contributed by atoms with Crippen LogP contribution in [0.3, 0.4) is 0 Å². The standard InChI is InChI=1S/C9H19NO5S/c1-8(2)15-6-7-16(13,14)10-5-3-4-9(11)12/h8,10H,3-7H2,1-2H3,(H,11,12). The van der Waals surface area contributed by atoms with Crippen molar-refractivity contribution in [1.29, 1.82) is 0 Å². The van der Waals surface area contributed by atoms with Crippen molar-refractivity contribution in [2.75, 3.05) is 18.9 Å². The molecule has 0 aliphatic heterocycles. The van der Waals surface area contributed by atoms with Crippen molar-refractivity contribution < 1.29 is 23.1 Å². The number of sulfonamides is 1. The molecule has 0 fully saturated rings. The van der Waals surface area contributed by atoms with E-state index in [4.69, 9.17) is 9.84 Å². The highest BCUT2D eigenvalue weighted by molar-refractivity contribution is 7.89. The van der Waals surface area contributed by atoms with Crippen molar-refractivity contribution in [2.45, 2.75) is 32.8 Å². The molecule has 0 spiro atoms. The zero-order valence-electron chi connectivity index (χ0n) is 9.60. The van der Waals surface area contributed by atoms with Gasteiger partial charge >= 0.3 is 5.97 Å². The average molecular weight is 253 g/mol. The first-order valence-corrected chi connectivity index (χ1v) is 6.79. The van der Waals surface area contributed by atoms with Gasteiger partial charge in [-0.2, -0.15) is 0 Å². The van der Waals surface area contributed by atoms with Gasteiger partial charge in [0.1, 0.15) is 0 Å². The predicted molar refractivity (Wildman–Crippen MR) is 59.7 cm³/mol. The first-order valence-electron chi connectivity index (χ1n) is 5.14. The average Bonchev–Trinajstić information content (AvgIpc) is 2.11. The number of hydrogen-bond acceptors (Lipinski definition) is 4. The first kappa shape index (κ1) is 15.3. The van der Waals surface area contributed by atoms with E-state index in [-0.39, 0.29) is 31.4 Å². The lowest BCUT2D eigenvalue weighted by atomic mass is 10.3. The summed E-state index contributed by atoms with van der Waals surface area (Å²) in [7, 11) is -3.34. The maximum Gasteiger partial charge on any atom is 0.303 e. The minimum absolute atomic E-state index is 0.00205. The molecule has 0 atom stereocenters. The van der Waals surface area contributed by atoms with Gasteiger partial charge in [-0.05, 0) is 20.3 Å². The van der Waals surface area contributed by atoms with E-state index in [0.717, 1.165) is 0 Å². The maximum atomic E-state index is 11.3. The highest BCUT2D eigenvalue weighted by Gasteiger charge is 2.10. The van der Waals surface area contributed by atoms with E-state index in [1.54, 1.807) is 0 Å². The topological polar surface area (TPSA) is 92.7 Å². The lowest BCUT2D eigenvalue weighted by molar-refractivity contribution is -0.137. The van der Waals surface area contributed by atoms with Crippen molar-refractivity contribution in [3.05, 3.63) is 0 Å². The van der Waals surface area contributed by atoms with Crippen LogP contribution >= 0.6 is 0 Å². The molecule has 0 saturated heterocycles. The van der Waals surface area contributed by atoms with Crippen LogP contribution in [0.25, 0.3) is 0 Å². The highest BCUT2D eigenvalue weighted by Crippen LogP contribution is 1.92. The van der Waals surface area contributed by atoms with E-state index in [0.29, 0.717) is 6.42 Å². The van der Waals surface area contributed by atoms with Gasteiger partial charge in [0.05, 0.1) is 18.5 Å². The van der Waals surface area contributed by atoms with Crippen LogP contribution < -0.4 is 4.72 Å². The second-order valence-electron chi connectivity index (χ2n) is 3.63. The number of carboxylic acids is 1. The van der Waals surface area contributed by atoms with Gasteiger partial charge in [-0.1, -0.05) is 0 Å². The fourth-order valence-corrected chi connectivity index (χ4v) is 1.85. The van der Waals surface area contributed by atoms with Gasteiger partial charge in [-0.15, -0.1) is 0 Å². The van der Waals surface area contributed by atoms with Crippen LogP contribution in [0.4, 0.5) is 0 Å². The van der Waals surface area contributed by atoms with Crippen LogP contribution in [-0.2, 0) is 19.6 Å². The van der Waals surface area contributed by atoms with E-state index in [9.17, 15) is 13.2 Å². The summed E-state index contributed by atoms with van der Waals surface area (Å²) in [4.78, 5) is 10.2. The SMILES string of the molecule is CC(C)OCCS(=O)(=O)NCCCC(=O)O. The summed E-state index contributed by atoms with van der Waals surface area (Å²) in [5.41, 5.74) is 0. The minimum Gasteiger partial charge on any atom is -0.481 e. The van der Waals surface area contributed by atoms with Crippen molar-refractivity contribution in [1.82, 2.24) is 4.72 Å². The third-order valence-electron chi connectivity index (χ3n) is 1.69. The van der Waals surface area contributed by atoms with Crippen molar-refractivity contribution in [3.8, 4) is 0 Å². The molecule has 0 amide bonds. The quantitative estimate of drug-likeness (QED) is 0.572. The van der Waals surface area contributed by atoms with Crippen LogP contribution in [-0.4, -0.2) is 44.5 Å². The number of nitrogens with one attached hydrogen (secondary N) is 1. The number of rotatable bonds is 9. The van der Waals surface area contributed by atoms with Gasteiger partial charge in [-0.3, -0.25) is 4.79 Å². The molecule has 0 aromatic heterocycles. The van der Waals surface area contributed by atoms with Crippen LogP contribution in [0.15, 0.2) is 0 Å². The minimum atomic E-state index is -3.34. The Balaban J connectivity index is 3.67. The molecule has 96 valence electrons. The molecule has 0 aliphatic carbocycles. The van der Waals surface area contributed by atoms with Gasteiger partial charge < -0.3 is 9.84 Å². The lowest BCUT2D eigenvalue weighted by Gasteiger charge is -2.08. The van der Waals surface area contributed by atoms with E-state index in [2.05, 4.69) is 4.72 Å². The Bertz CT molecular complexity index is 299. The molecule has 0 rings (SSSR count). The number of aliphatic carboxylic acids is 1. The summed E-state index contributed by atoms with van der Waals surface area (Å²) in [6, 6.07) is 0. The van der Waals surface area contributed by atoms with E-state index in [1.807, 2.05) is 13.8 Å². The molecule has 0 heterocycles. The molecule has 7 heteroatoms. The molecular weight excluding hydrogens is 234 g/mol. The largest absolute Gasteiger partial charge is 0.481 e. The molecule has 6 nitrogen and oxygen atoms in total. The second kappa shape index (κ2) is 7.59. The molecule has 0 aliphatic rings. The molecule has 0 aromatic carbocycles. The molecule has 0 radical (unpaired) electrons. The zero-order valence-corrected chi connectivity index (χ0v) is 10.4. The van der Waals surface area contributed by atoms with Gasteiger partial charge in [0.15, 0.2) is 0 Å². The number of hydrogen-bond donors (Lipinski definition) is 2. The Hall–Kier alpha value is -0.660. The van der Waals surface area contributed by atoms with Crippen LogP contribution in [0.5, 0.6) is 0 Å².